The van der Waals surface area contributed by atoms with Crippen molar-refractivity contribution < 1.29 is 9.90 Å². The fraction of sp³-hybridized carbons (Fsp3) is 0. The van der Waals surface area contributed by atoms with Crippen molar-refractivity contribution in [1.29, 1.82) is 0 Å². The summed E-state index contributed by atoms with van der Waals surface area (Å²) < 4.78 is 2.07. The molecule has 90 valence electrons. The van der Waals surface area contributed by atoms with Crippen LogP contribution in [0, 0.1) is 0 Å². The number of nitrogens with one attached hydrogen (secondary N) is 1. The molecule has 0 unspecified atom stereocenters. The van der Waals surface area contributed by atoms with Crippen molar-refractivity contribution in [2.45, 2.75) is 0 Å². The third-order valence-corrected chi connectivity index (χ3v) is 3.50. The van der Waals surface area contributed by atoms with Crippen LogP contribution in [0.15, 0.2) is 35.3 Å². The molecule has 2 aromatic heterocycles. The van der Waals surface area contributed by atoms with E-state index in [0.29, 0.717) is 5.13 Å². The lowest BCUT2D eigenvalue weighted by molar-refractivity contribution is 0.0695. The van der Waals surface area contributed by atoms with Crippen LogP contribution in [-0.4, -0.2) is 25.8 Å². The van der Waals surface area contributed by atoms with E-state index in [2.05, 4.69) is 10.1 Å². The lowest BCUT2D eigenvalue weighted by Crippen LogP contribution is -2.19. The lowest BCUT2D eigenvalue weighted by Gasteiger charge is -1.91. The Morgan fingerprint density at radius 1 is 1.39 bits per heavy atom. The second-order valence-electron chi connectivity index (χ2n) is 3.60. The standard InChI is InChI=1S/C11H7N3O3S/c15-9-6(10(16)17)5-12-14(9)11-13-7-3-1-2-4-8(7)18-11/h1-5,12H,(H,16,17). The van der Waals surface area contributed by atoms with Crippen molar-refractivity contribution in [3.05, 3.63) is 46.4 Å². The molecule has 6 nitrogen and oxygen atoms in total. The van der Waals surface area contributed by atoms with Crippen molar-refractivity contribution in [2.24, 2.45) is 0 Å². The zero-order valence-electron chi connectivity index (χ0n) is 8.95. The molecule has 3 rings (SSSR count). The van der Waals surface area contributed by atoms with Crippen LogP contribution in [0.4, 0.5) is 0 Å². The molecule has 0 saturated heterocycles. The summed E-state index contributed by atoms with van der Waals surface area (Å²) in [5.74, 6) is -1.25. The maximum Gasteiger partial charge on any atom is 0.342 e. The fourth-order valence-corrected chi connectivity index (χ4v) is 2.55. The Morgan fingerprint density at radius 2 is 2.17 bits per heavy atom. The van der Waals surface area contributed by atoms with Gasteiger partial charge in [0.1, 0.15) is 5.56 Å². The summed E-state index contributed by atoms with van der Waals surface area (Å²) in [7, 11) is 0. The molecular formula is C11H7N3O3S. The van der Waals surface area contributed by atoms with Crippen molar-refractivity contribution in [3.63, 3.8) is 0 Å². The Bertz CT molecular complexity index is 766. The van der Waals surface area contributed by atoms with Gasteiger partial charge in [-0.2, -0.15) is 4.68 Å². The highest BCUT2D eigenvalue weighted by atomic mass is 32.1. The monoisotopic (exact) mass is 261 g/mol. The van der Waals surface area contributed by atoms with Crippen molar-refractivity contribution in [1.82, 2.24) is 14.8 Å². The van der Waals surface area contributed by atoms with Gasteiger partial charge in [-0.05, 0) is 12.1 Å². The summed E-state index contributed by atoms with van der Waals surface area (Å²) in [5, 5.41) is 11.8. The zero-order valence-corrected chi connectivity index (χ0v) is 9.77. The number of H-pyrrole nitrogens is 1. The number of nitrogens with zero attached hydrogens (tertiary/aromatic N) is 2. The number of aromatic carboxylic acids is 1. The van der Waals surface area contributed by atoms with E-state index in [-0.39, 0.29) is 5.56 Å². The first-order valence-electron chi connectivity index (χ1n) is 5.06. The normalized spacial score (nSPS) is 10.9. The van der Waals surface area contributed by atoms with Gasteiger partial charge in [0, 0.05) is 6.20 Å². The molecule has 0 saturated carbocycles. The highest BCUT2D eigenvalue weighted by Gasteiger charge is 2.15. The maximum absolute atomic E-state index is 11.8. The molecular weight excluding hydrogens is 254 g/mol. The fourth-order valence-electron chi connectivity index (χ4n) is 1.62. The van der Waals surface area contributed by atoms with Crippen LogP contribution in [-0.2, 0) is 0 Å². The van der Waals surface area contributed by atoms with Gasteiger partial charge in [-0.25, -0.2) is 9.78 Å². The number of carbonyl (C=O) groups is 1. The number of aromatic nitrogens is 3. The van der Waals surface area contributed by atoms with E-state index in [4.69, 9.17) is 5.11 Å². The molecule has 0 atom stereocenters. The number of para-hydroxylation sites is 1. The van der Waals surface area contributed by atoms with Crippen LogP contribution in [0.5, 0.6) is 0 Å². The van der Waals surface area contributed by atoms with Gasteiger partial charge in [0.05, 0.1) is 10.2 Å². The summed E-state index contributed by atoms with van der Waals surface area (Å²) in [5.41, 5.74) is -0.133. The number of aromatic amines is 1. The molecule has 2 heterocycles. The Hall–Kier alpha value is -2.41. The number of hydrogen-bond donors (Lipinski definition) is 2. The Balaban J connectivity index is 2.20. The Morgan fingerprint density at radius 3 is 2.83 bits per heavy atom. The molecule has 7 heteroatoms. The van der Waals surface area contributed by atoms with E-state index in [1.807, 2.05) is 24.3 Å². The summed E-state index contributed by atoms with van der Waals surface area (Å²) in [6.45, 7) is 0. The van der Waals surface area contributed by atoms with Crippen molar-refractivity contribution in [3.8, 4) is 5.13 Å². The summed E-state index contributed by atoms with van der Waals surface area (Å²) in [4.78, 5) is 26.9. The molecule has 0 amide bonds. The minimum Gasteiger partial charge on any atom is -0.477 e. The van der Waals surface area contributed by atoms with Crippen LogP contribution in [0.25, 0.3) is 15.3 Å². The SMILES string of the molecule is O=C(O)c1c[nH]n(-c2nc3ccccc3s2)c1=O. The molecule has 1 aromatic carbocycles. The van der Waals surface area contributed by atoms with Crippen LogP contribution in [0.1, 0.15) is 10.4 Å². The topological polar surface area (TPSA) is 88.0 Å². The van der Waals surface area contributed by atoms with E-state index >= 15 is 0 Å². The Labute approximate surface area is 104 Å². The average molecular weight is 261 g/mol. The summed E-state index contributed by atoms with van der Waals surface area (Å²) in [6, 6.07) is 7.46. The van der Waals surface area contributed by atoms with E-state index in [1.54, 1.807) is 0 Å². The van der Waals surface area contributed by atoms with Gasteiger partial charge in [0.15, 0.2) is 0 Å². The minimum absolute atomic E-state index is 0.297. The molecule has 3 aromatic rings. The highest BCUT2D eigenvalue weighted by Crippen LogP contribution is 2.23. The molecule has 0 aliphatic heterocycles. The number of carboxylic acid groups (broad SMARTS) is 1. The minimum atomic E-state index is -1.25. The van der Waals surface area contributed by atoms with Gasteiger partial charge in [0.25, 0.3) is 5.56 Å². The third-order valence-electron chi connectivity index (χ3n) is 2.48. The quantitative estimate of drug-likeness (QED) is 0.731. The van der Waals surface area contributed by atoms with Gasteiger partial charge < -0.3 is 5.11 Å². The van der Waals surface area contributed by atoms with E-state index in [1.165, 1.54) is 11.3 Å². The highest BCUT2D eigenvalue weighted by molar-refractivity contribution is 7.20. The van der Waals surface area contributed by atoms with Gasteiger partial charge in [-0.15, -0.1) is 0 Å². The molecule has 18 heavy (non-hydrogen) atoms. The number of benzene rings is 1. The molecule has 0 fully saturated rings. The second kappa shape index (κ2) is 3.81. The zero-order chi connectivity index (χ0) is 12.7. The average Bonchev–Trinajstić information content (AvgIpc) is 2.91. The lowest BCUT2D eigenvalue weighted by atomic mass is 10.3. The van der Waals surface area contributed by atoms with Crippen LogP contribution >= 0.6 is 11.3 Å². The predicted molar refractivity (Wildman–Crippen MR) is 66.5 cm³/mol. The second-order valence-corrected chi connectivity index (χ2v) is 4.61. The number of hydrogen-bond acceptors (Lipinski definition) is 4. The first-order valence-corrected chi connectivity index (χ1v) is 5.88. The molecule has 0 radical (unpaired) electrons. The number of thiazole rings is 1. The largest absolute Gasteiger partial charge is 0.477 e. The summed E-state index contributed by atoms with van der Waals surface area (Å²) >= 11 is 1.32. The third kappa shape index (κ3) is 1.52. The molecule has 0 bridgehead atoms. The van der Waals surface area contributed by atoms with Gasteiger partial charge in [-0.3, -0.25) is 9.89 Å². The molecule has 2 N–H and O–H groups in total. The van der Waals surface area contributed by atoms with Gasteiger partial charge in [0.2, 0.25) is 5.13 Å². The number of carboxylic acids is 1. The molecule has 0 aliphatic carbocycles. The van der Waals surface area contributed by atoms with Crippen LogP contribution in [0.2, 0.25) is 0 Å². The van der Waals surface area contributed by atoms with E-state index in [0.717, 1.165) is 21.1 Å². The summed E-state index contributed by atoms with van der Waals surface area (Å²) in [6.07, 6.45) is 1.16. The number of fused-ring (bicyclic) bond motifs is 1. The van der Waals surface area contributed by atoms with Crippen molar-refractivity contribution in [2.75, 3.05) is 0 Å². The van der Waals surface area contributed by atoms with E-state index in [9.17, 15) is 9.59 Å². The first kappa shape index (κ1) is 10.7. The maximum atomic E-state index is 11.8. The predicted octanol–water partition coefficient (Wildman–Crippen LogP) is 1.47. The Kier molecular flexibility index (Phi) is 2.27. The number of rotatable bonds is 2. The first-order chi connectivity index (χ1) is 8.66. The van der Waals surface area contributed by atoms with E-state index < -0.39 is 11.5 Å². The van der Waals surface area contributed by atoms with Gasteiger partial charge in [-0.1, -0.05) is 23.5 Å². The molecule has 0 spiro atoms. The molecule has 0 aliphatic rings. The smallest absolute Gasteiger partial charge is 0.342 e. The van der Waals surface area contributed by atoms with Crippen molar-refractivity contribution >= 4 is 27.5 Å². The van der Waals surface area contributed by atoms with Crippen LogP contribution < -0.4 is 5.56 Å². The van der Waals surface area contributed by atoms with Crippen LogP contribution in [0.3, 0.4) is 0 Å². The van der Waals surface area contributed by atoms with Gasteiger partial charge >= 0.3 is 5.97 Å².